The lowest BCUT2D eigenvalue weighted by molar-refractivity contribution is -0.123. The minimum Gasteiger partial charge on any atom is -0.374 e. The standard InChI is InChI=1S/C21H33FN4O2/c1-17(2)14-25-11-12-28-20(15-25)13-23-21(27)16-24-7-9-26(10-8-24)19-5-3-18(22)4-6-19/h3-6,17,20H,7-16H2,1-2H3,(H,23,27). The summed E-state index contributed by atoms with van der Waals surface area (Å²) in [5.74, 6) is 0.482. The van der Waals surface area contributed by atoms with Crippen LogP contribution in [0, 0.1) is 11.7 Å². The first-order chi connectivity index (χ1) is 13.5. The van der Waals surface area contributed by atoms with E-state index in [1.54, 1.807) is 0 Å². The fraction of sp³-hybridized carbons (Fsp3) is 0.667. The number of anilines is 1. The zero-order valence-electron chi connectivity index (χ0n) is 17.1. The Kier molecular flexibility index (Phi) is 7.65. The first kappa shape index (κ1) is 21.0. The van der Waals surface area contributed by atoms with Crippen LogP contribution in [0.3, 0.4) is 0 Å². The summed E-state index contributed by atoms with van der Waals surface area (Å²) in [6.07, 6.45) is 0.0757. The third-order valence-corrected chi connectivity index (χ3v) is 5.30. The van der Waals surface area contributed by atoms with Gasteiger partial charge < -0.3 is 15.0 Å². The first-order valence-corrected chi connectivity index (χ1v) is 10.3. The lowest BCUT2D eigenvalue weighted by Crippen LogP contribution is -2.51. The van der Waals surface area contributed by atoms with Crippen LogP contribution in [0.4, 0.5) is 10.1 Å². The van der Waals surface area contributed by atoms with Crippen molar-refractivity contribution in [2.75, 3.05) is 70.4 Å². The molecule has 1 N–H and O–H groups in total. The summed E-state index contributed by atoms with van der Waals surface area (Å²) in [7, 11) is 0. The second kappa shape index (κ2) is 10.2. The van der Waals surface area contributed by atoms with Crippen molar-refractivity contribution in [2.24, 2.45) is 5.92 Å². The van der Waals surface area contributed by atoms with Crippen molar-refractivity contribution in [1.82, 2.24) is 15.1 Å². The number of benzene rings is 1. The molecule has 1 aromatic carbocycles. The molecule has 1 unspecified atom stereocenters. The van der Waals surface area contributed by atoms with Crippen LogP contribution in [0.25, 0.3) is 0 Å². The number of morpholine rings is 1. The van der Waals surface area contributed by atoms with Gasteiger partial charge in [0.1, 0.15) is 5.82 Å². The normalized spacial score (nSPS) is 21.9. The van der Waals surface area contributed by atoms with Gasteiger partial charge in [-0.3, -0.25) is 14.6 Å². The van der Waals surface area contributed by atoms with Gasteiger partial charge in [-0.05, 0) is 30.2 Å². The maximum absolute atomic E-state index is 13.1. The van der Waals surface area contributed by atoms with Gasteiger partial charge in [0, 0.05) is 58.0 Å². The van der Waals surface area contributed by atoms with Crippen LogP contribution in [0.15, 0.2) is 24.3 Å². The molecule has 28 heavy (non-hydrogen) atoms. The van der Waals surface area contributed by atoms with Gasteiger partial charge >= 0.3 is 0 Å². The Balaban J connectivity index is 1.35. The summed E-state index contributed by atoms with van der Waals surface area (Å²) in [5, 5.41) is 3.04. The van der Waals surface area contributed by atoms with Crippen LogP contribution in [-0.2, 0) is 9.53 Å². The molecule has 0 spiro atoms. The van der Waals surface area contributed by atoms with Gasteiger partial charge in [-0.1, -0.05) is 13.8 Å². The van der Waals surface area contributed by atoms with Crippen LogP contribution in [-0.4, -0.2) is 87.3 Å². The largest absolute Gasteiger partial charge is 0.374 e. The lowest BCUT2D eigenvalue weighted by atomic mass is 10.2. The Bertz CT molecular complexity index is 617. The minimum absolute atomic E-state index is 0.0554. The van der Waals surface area contributed by atoms with E-state index in [9.17, 15) is 9.18 Å². The molecule has 0 aromatic heterocycles. The molecule has 0 aliphatic carbocycles. The summed E-state index contributed by atoms with van der Waals surface area (Å²) in [4.78, 5) is 19.1. The zero-order valence-corrected chi connectivity index (χ0v) is 17.1. The van der Waals surface area contributed by atoms with E-state index in [0.29, 0.717) is 19.0 Å². The van der Waals surface area contributed by atoms with E-state index in [-0.39, 0.29) is 17.8 Å². The van der Waals surface area contributed by atoms with Crippen molar-refractivity contribution in [3.63, 3.8) is 0 Å². The number of nitrogens with one attached hydrogen (secondary N) is 1. The van der Waals surface area contributed by atoms with E-state index >= 15 is 0 Å². The Morgan fingerprint density at radius 2 is 1.86 bits per heavy atom. The maximum atomic E-state index is 13.1. The van der Waals surface area contributed by atoms with Crippen LogP contribution < -0.4 is 10.2 Å². The Morgan fingerprint density at radius 3 is 2.54 bits per heavy atom. The molecule has 1 atom stereocenters. The topological polar surface area (TPSA) is 48.1 Å². The number of nitrogens with zero attached hydrogens (tertiary/aromatic N) is 3. The summed E-state index contributed by atoms with van der Waals surface area (Å²) < 4.78 is 18.9. The summed E-state index contributed by atoms with van der Waals surface area (Å²) in [6.45, 7) is 12.4. The average Bonchev–Trinajstić information content (AvgIpc) is 2.67. The highest BCUT2D eigenvalue weighted by Crippen LogP contribution is 2.16. The van der Waals surface area contributed by atoms with E-state index in [1.807, 2.05) is 12.1 Å². The molecule has 1 aromatic rings. The highest BCUT2D eigenvalue weighted by Gasteiger charge is 2.23. The van der Waals surface area contributed by atoms with Crippen LogP contribution in [0.1, 0.15) is 13.8 Å². The molecule has 6 nitrogen and oxygen atoms in total. The molecular weight excluding hydrogens is 359 g/mol. The third-order valence-electron chi connectivity index (χ3n) is 5.30. The van der Waals surface area contributed by atoms with Crippen molar-refractivity contribution in [3.8, 4) is 0 Å². The van der Waals surface area contributed by atoms with E-state index < -0.39 is 0 Å². The molecule has 2 aliphatic rings. The maximum Gasteiger partial charge on any atom is 0.234 e. The molecule has 2 saturated heterocycles. The van der Waals surface area contributed by atoms with Crippen LogP contribution >= 0.6 is 0 Å². The van der Waals surface area contributed by atoms with Gasteiger partial charge in [-0.25, -0.2) is 4.39 Å². The Hall–Kier alpha value is -1.70. The molecule has 0 saturated carbocycles. The molecule has 3 rings (SSSR count). The monoisotopic (exact) mass is 392 g/mol. The number of hydrogen-bond donors (Lipinski definition) is 1. The average molecular weight is 393 g/mol. The van der Waals surface area contributed by atoms with Gasteiger partial charge in [-0.15, -0.1) is 0 Å². The Labute approximate surface area is 167 Å². The van der Waals surface area contributed by atoms with Gasteiger partial charge in [0.15, 0.2) is 0 Å². The molecule has 156 valence electrons. The summed E-state index contributed by atoms with van der Waals surface area (Å²) in [6, 6.07) is 6.60. The first-order valence-electron chi connectivity index (χ1n) is 10.3. The molecular formula is C21H33FN4O2. The lowest BCUT2D eigenvalue weighted by Gasteiger charge is -2.36. The predicted octanol–water partition coefficient (Wildman–Crippen LogP) is 1.42. The number of carbonyl (C=O) groups is 1. The van der Waals surface area contributed by atoms with Crippen molar-refractivity contribution >= 4 is 11.6 Å². The number of ether oxygens (including phenoxy) is 1. The molecule has 0 bridgehead atoms. The molecule has 2 aliphatic heterocycles. The van der Waals surface area contributed by atoms with Gasteiger partial charge in [0.25, 0.3) is 0 Å². The Morgan fingerprint density at radius 1 is 1.14 bits per heavy atom. The molecule has 2 fully saturated rings. The summed E-state index contributed by atoms with van der Waals surface area (Å²) >= 11 is 0. The fourth-order valence-electron chi connectivity index (χ4n) is 3.89. The van der Waals surface area contributed by atoms with E-state index in [0.717, 1.165) is 58.1 Å². The SMILES string of the molecule is CC(C)CN1CCOC(CNC(=O)CN2CCN(c3ccc(F)cc3)CC2)C1. The molecule has 2 heterocycles. The van der Waals surface area contributed by atoms with E-state index in [2.05, 4.69) is 33.9 Å². The van der Waals surface area contributed by atoms with Crippen molar-refractivity contribution in [1.29, 1.82) is 0 Å². The van der Waals surface area contributed by atoms with E-state index in [1.165, 1.54) is 12.1 Å². The van der Waals surface area contributed by atoms with Crippen LogP contribution in [0.2, 0.25) is 0 Å². The predicted molar refractivity (Wildman–Crippen MR) is 109 cm³/mol. The number of amides is 1. The minimum atomic E-state index is -0.215. The van der Waals surface area contributed by atoms with Gasteiger partial charge in [-0.2, -0.15) is 0 Å². The number of hydrogen-bond acceptors (Lipinski definition) is 5. The number of halogens is 1. The second-order valence-electron chi connectivity index (χ2n) is 8.19. The highest BCUT2D eigenvalue weighted by atomic mass is 19.1. The van der Waals surface area contributed by atoms with Gasteiger partial charge in [0.05, 0.1) is 19.3 Å². The number of carbonyl (C=O) groups excluding carboxylic acids is 1. The smallest absolute Gasteiger partial charge is 0.234 e. The van der Waals surface area contributed by atoms with Gasteiger partial charge in [0.2, 0.25) is 5.91 Å². The van der Waals surface area contributed by atoms with Crippen LogP contribution in [0.5, 0.6) is 0 Å². The highest BCUT2D eigenvalue weighted by molar-refractivity contribution is 5.78. The fourth-order valence-corrected chi connectivity index (χ4v) is 3.89. The second-order valence-corrected chi connectivity index (χ2v) is 8.19. The zero-order chi connectivity index (χ0) is 19.9. The molecule has 7 heteroatoms. The number of rotatable bonds is 7. The quantitative estimate of drug-likeness (QED) is 0.761. The van der Waals surface area contributed by atoms with Crippen molar-refractivity contribution < 1.29 is 13.9 Å². The molecule has 1 amide bonds. The van der Waals surface area contributed by atoms with E-state index in [4.69, 9.17) is 4.74 Å². The third kappa shape index (κ3) is 6.43. The number of piperazine rings is 1. The van der Waals surface area contributed by atoms with Crippen molar-refractivity contribution in [3.05, 3.63) is 30.1 Å². The molecule has 0 radical (unpaired) electrons. The van der Waals surface area contributed by atoms with Crippen molar-refractivity contribution in [2.45, 2.75) is 20.0 Å². The summed E-state index contributed by atoms with van der Waals surface area (Å²) in [5.41, 5.74) is 1.03.